The highest BCUT2D eigenvalue weighted by Gasteiger charge is 2.16. The number of benzene rings is 2. The Labute approximate surface area is 176 Å². The smallest absolute Gasteiger partial charge is 0.320 e. The SMILES string of the molecule is N[C@@H](Cc1cc(Cl)c(OCCc2coc(-c3cccc(O)c3)n2)c(Cl)c1)C(=O)O. The molecule has 4 N–H and O–H groups in total. The number of nitrogens with two attached hydrogens (primary N) is 1. The first-order chi connectivity index (χ1) is 13.8. The summed E-state index contributed by atoms with van der Waals surface area (Å²) in [6, 6.07) is 8.74. The summed E-state index contributed by atoms with van der Waals surface area (Å²) in [5.74, 6) is -0.276. The largest absolute Gasteiger partial charge is 0.508 e. The molecule has 0 saturated carbocycles. The number of aliphatic carboxylic acids is 1. The van der Waals surface area contributed by atoms with Gasteiger partial charge in [0.2, 0.25) is 5.89 Å². The number of rotatable bonds is 8. The fourth-order valence-electron chi connectivity index (χ4n) is 2.66. The Hall–Kier alpha value is -2.74. The number of phenolic OH excluding ortho intramolecular Hbond substituents is 1. The van der Waals surface area contributed by atoms with E-state index in [1.807, 2.05) is 0 Å². The van der Waals surface area contributed by atoms with Crippen molar-refractivity contribution in [3.8, 4) is 23.0 Å². The third-order valence-corrected chi connectivity index (χ3v) is 4.64. The maximum atomic E-state index is 10.9. The van der Waals surface area contributed by atoms with Crippen LogP contribution in [0.1, 0.15) is 11.3 Å². The van der Waals surface area contributed by atoms with Crippen molar-refractivity contribution < 1.29 is 24.2 Å². The van der Waals surface area contributed by atoms with Crippen molar-refractivity contribution in [2.24, 2.45) is 5.73 Å². The van der Waals surface area contributed by atoms with Gasteiger partial charge >= 0.3 is 5.97 Å². The number of oxazole rings is 1. The Morgan fingerprint density at radius 2 is 1.97 bits per heavy atom. The Morgan fingerprint density at radius 1 is 1.24 bits per heavy atom. The van der Waals surface area contributed by atoms with Gasteiger partial charge in [-0.05, 0) is 42.3 Å². The van der Waals surface area contributed by atoms with E-state index in [0.717, 1.165) is 0 Å². The van der Waals surface area contributed by atoms with Crippen LogP contribution in [0.3, 0.4) is 0 Å². The first-order valence-electron chi connectivity index (χ1n) is 8.66. The quantitative estimate of drug-likeness (QED) is 0.489. The van der Waals surface area contributed by atoms with Crippen LogP contribution in [0.2, 0.25) is 10.0 Å². The molecule has 3 aromatic rings. The van der Waals surface area contributed by atoms with Crippen molar-refractivity contribution in [3.05, 3.63) is 64.0 Å². The molecule has 0 saturated heterocycles. The number of hydrogen-bond acceptors (Lipinski definition) is 6. The van der Waals surface area contributed by atoms with E-state index in [0.29, 0.717) is 34.9 Å². The van der Waals surface area contributed by atoms with Crippen molar-refractivity contribution in [3.63, 3.8) is 0 Å². The second-order valence-corrected chi connectivity index (χ2v) is 7.14. The van der Waals surface area contributed by atoms with Gasteiger partial charge in [0.1, 0.15) is 18.1 Å². The average Bonchev–Trinajstić information content (AvgIpc) is 3.13. The van der Waals surface area contributed by atoms with E-state index in [2.05, 4.69) is 4.98 Å². The van der Waals surface area contributed by atoms with Gasteiger partial charge in [0, 0.05) is 12.0 Å². The molecular weight excluding hydrogens is 419 g/mol. The molecule has 9 heteroatoms. The number of carboxylic acids is 1. The lowest BCUT2D eigenvalue weighted by Gasteiger charge is -2.12. The van der Waals surface area contributed by atoms with Crippen LogP contribution in [0.5, 0.6) is 11.5 Å². The van der Waals surface area contributed by atoms with E-state index in [1.165, 1.54) is 6.26 Å². The van der Waals surface area contributed by atoms with Gasteiger partial charge in [0.25, 0.3) is 0 Å². The Morgan fingerprint density at radius 3 is 2.62 bits per heavy atom. The van der Waals surface area contributed by atoms with Gasteiger partial charge in [-0.25, -0.2) is 4.98 Å². The van der Waals surface area contributed by atoms with E-state index in [-0.39, 0.29) is 28.8 Å². The molecule has 0 spiro atoms. The number of phenols is 1. The van der Waals surface area contributed by atoms with Crippen LogP contribution in [0.4, 0.5) is 0 Å². The molecule has 0 aliphatic rings. The van der Waals surface area contributed by atoms with Crippen LogP contribution in [0.15, 0.2) is 47.1 Å². The van der Waals surface area contributed by atoms with E-state index in [9.17, 15) is 9.90 Å². The molecule has 29 heavy (non-hydrogen) atoms. The third-order valence-electron chi connectivity index (χ3n) is 4.08. The predicted octanol–water partition coefficient (Wildman–Crippen LogP) is 3.93. The Kier molecular flexibility index (Phi) is 6.64. The zero-order valence-electron chi connectivity index (χ0n) is 15.1. The molecule has 0 aliphatic heterocycles. The molecular formula is C20H18Cl2N2O5. The normalized spacial score (nSPS) is 12.0. The van der Waals surface area contributed by atoms with Crippen LogP contribution in [-0.4, -0.2) is 33.8 Å². The molecule has 7 nitrogen and oxygen atoms in total. The highest BCUT2D eigenvalue weighted by atomic mass is 35.5. The fraction of sp³-hybridized carbons (Fsp3) is 0.200. The second-order valence-electron chi connectivity index (χ2n) is 6.33. The van der Waals surface area contributed by atoms with E-state index in [4.69, 9.17) is 43.2 Å². The van der Waals surface area contributed by atoms with Crippen LogP contribution in [0.25, 0.3) is 11.5 Å². The second kappa shape index (κ2) is 9.17. The van der Waals surface area contributed by atoms with Crippen molar-refractivity contribution in [2.75, 3.05) is 6.61 Å². The first kappa shape index (κ1) is 21.0. The molecule has 0 unspecified atom stereocenters. The van der Waals surface area contributed by atoms with Crippen molar-refractivity contribution in [1.29, 1.82) is 0 Å². The fourth-order valence-corrected chi connectivity index (χ4v) is 3.30. The summed E-state index contributed by atoms with van der Waals surface area (Å²) < 4.78 is 11.1. The summed E-state index contributed by atoms with van der Waals surface area (Å²) >= 11 is 12.4. The Balaban J connectivity index is 1.61. The lowest BCUT2D eigenvalue weighted by molar-refractivity contribution is -0.138. The topological polar surface area (TPSA) is 119 Å². The number of nitrogens with zero attached hydrogens (tertiary/aromatic N) is 1. The van der Waals surface area contributed by atoms with E-state index in [1.54, 1.807) is 36.4 Å². The maximum absolute atomic E-state index is 10.9. The molecule has 152 valence electrons. The van der Waals surface area contributed by atoms with E-state index >= 15 is 0 Å². The van der Waals surface area contributed by atoms with Crippen molar-refractivity contribution in [1.82, 2.24) is 4.98 Å². The van der Waals surface area contributed by atoms with Crippen LogP contribution < -0.4 is 10.5 Å². The molecule has 2 aromatic carbocycles. The van der Waals surface area contributed by atoms with Gasteiger partial charge in [0.15, 0.2) is 5.75 Å². The van der Waals surface area contributed by atoms with Crippen LogP contribution >= 0.6 is 23.2 Å². The zero-order chi connectivity index (χ0) is 21.0. The maximum Gasteiger partial charge on any atom is 0.320 e. The molecule has 3 rings (SSSR count). The lowest BCUT2D eigenvalue weighted by atomic mass is 10.1. The number of carboxylic acid groups (broad SMARTS) is 1. The minimum Gasteiger partial charge on any atom is -0.508 e. The number of aromatic nitrogens is 1. The van der Waals surface area contributed by atoms with E-state index < -0.39 is 12.0 Å². The number of ether oxygens (including phenoxy) is 1. The highest BCUT2D eigenvalue weighted by molar-refractivity contribution is 6.37. The van der Waals surface area contributed by atoms with Gasteiger partial charge < -0.3 is 25.1 Å². The minimum atomic E-state index is -1.10. The summed E-state index contributed by atoms with van der Waals surface area (Å²) in [5, 5.41) is 19.0. The van der Waals surface area contributed by atoms with Crippen LogP contribution in [-0.2, 0) is 17.6 Å². The Bertz CT molecular complexity index is 999. The first-order valence-corrected chi connectivity index (χ1v) is 9.42. The third kappa shape index (κ3) is 5.41. The molecule has 1 aromatic heterocycles. The summed E-state index contributed by atoms with van der Waals surface area (Å²) in [5.41, 5.74) is 7.47. The lowest BCUT2D eigenvalue weighted by Crippen LogP contribution is -2.32. The molecule has 0 radical (unpaired) electrons. The number of carbonyl (C=O) groups is 1. The van der Waals surface area contributed by atoms with Gasteiger partial charge in [-0.3, -0.25) is 4.79 Å². The van der Waals surface area contributed by atoms with Gasteiger partial charge in [-0.1, -0.05) is 29.3 Å². The highest BCUT2D eigenvalue weighted by Crippen LogP contribution is 2.34. The summed E-state index contributed by atoms with van der Waals surface area (Å²) in [6.07, 6.45) is 2.06. The van der Waals surface area contributed by atoms with Gasteiger partial charge in [0.05, 0.1) is 22.3 Å². The number of hydrogen-bond donors (Lipinski definition) is 3. The molecule has 0 amide bonds. The number of aromatic hydroxyl groups is 1. The zero-order valence-corrected chi connectivity index (χ0v) is 16.7. The summed E-state index contributed by atoms with van der Waals surface area (Å²) in [7, 11) is 0. The molecule has 1 atom stereocenters. The molecule has 0 bridgehead atoms. The standard InChI is InChI=1S/C20H18Cl2N2O5/c21-15-6-11(8-17(23)20(26)27)7-16(22)18(15)28-5-4-13-10-29-19(24-13)12-2-1-3-14(25)9-12/h1-3,6-7,9-10,17,25H,4-5,8,23H2,(H,26,27)/t17-/m0/s1. The van der Waals surface area contributed by atoms with Crippen molar-refractivity contribution >= 4 is 29.2 Å². The van der Waals surface area contributed by atoms with Gasteiger partial charge in [-0.15, -0.1) is 0 Å². The predicted molar refractivity (Wildman–Crippen MR) is 109 cm³/mol. The van der Waals surface area contributed by atoms with Gasteiger partial charge in [-0.2, -0.15) is 0 Å². The average molecular weight is 437 g/mol. The summed E-state index contributed by atoms with van der Waals surface area (Å²) in [4.78, 5) is 15.3. The molecule has 0 aliphatic carbocycles. The van der Waals surface area contributed by atoms with Crippen LogP contribution in [0, 0.1) is 0 Å². The summed E-state index contributed by atoms with van der Waals surface area (Å²) in [6.45, 7) is 0.249. The van der Waals surface area contributed by atoms with Crippen molar-refractivity contribution in [2.45, 2.75) is 18.9 Å². The monoisotopic (exact) mass is 436 g/mol. The number of halogens is 2. The molecule has 0 fully saturated rings. The molecule has 1 heterocycles. The minimum absolute atomic E-state index is 0.103.